The second-order valence-electron chi connectivity index (χ2n) is 7.09. The Kier molecular flexibility index (Phi) is 4.72. The van der Waals surface area contributed by atoms with Crippen LogP contribution in [0.25, 0.3) is 0 Å². The number of rotatable bonds is 3. The van der Waals surface area contributed by atoms with Crippen molar-refractivity contribution >= 4 is 46.6 Å². The summed E-state index contributed by atoms with van der Waals surface area (Å²) in [7, 11) is 0. The first kappa shape index (κ1) is 19.4. The van der Waals surface area contributed by atoms with Crippen LogP contribution in [0.4, 0.5) is 0 Å². The quantitative estimate of drug-likeness (QED) is 0.473. The number of ether oxygens (including phenoxy) is 1. The van der Waals surface area contributed by atoms with Crippen LogP contribution in [0.2, 0.25) is 5.02 Å². The van der Waals surface area contributed by atoms with E-state index in [0.29, 0.717) is 27.2 Å². The molecule has 2 aliphatic rings. The zero-order valence-corrected chi connectivity index (χ0v) is 17.7. The van der Waals surface area contributed by atoms with Crippen LogP contribution >= 0.6 is 34.7 Å². The Morgan fingerprint density at radius 1 is 1.13 bits per heavy atom. The molecule has 3 atom stereocenters. The molecular formula is C21H14ClNO5S2. The Hall–Kier alpha value is -2.55. The van der Waals surface area contributed by atoms with E-state index in [4.69, 9.17) is 16.3 Å². The number of thiazole rings is 1. The molecule has 2 aliphatic heterocycles. The van der Waals surface area contributed by atoms with Crippen LogP contribution in [0.5, 0.6) is 5.75 Å². The van der Waals surface area contributed by atoms with Crippen LogP contribution in [0.3, 0.4) is 0 Å². The van der Waals surface area contributed by atoms with Crippen LogP contribution in [-0.2, 0) is 16.1 Å². The number of carbonyl (C=O) groups is 2. The molecule has 0 spiro atoms. The smallest absolute Gasteiger partial charge is 0.317 e. The van der Waals surface area contributed by atoms with Crippen molar-refractivity contribution in [2.45, 2.75) is 22.7 Å². The monoisotopic (exact) mass is 459 g/mol. The van der Waals surface area contributed by atoms with Crippen molar-refractivity contribution in [1.29, 1.82) is 0 Å². The predicted molar refractivity (Wildman–Crippen MR) is 114 cm³/mol. The normalized spacial score (nSPS) is 21.9. The van der Waals surface area contributed by atoms with E-state index >= 15 is 0 Å². The number of hydrogen-bond donors (Lipinski definition) is 1. The second-order valence-corrected chi connectivity index (χ2v) is 9.65. The van der Waals surface area contributed by atoms with Crippen LogP contribution in [0.1, 0.15) is 21.9 Å². The van der Waals surface area contributed by atoms with Crippen molar-refractivity contribution in [2.24, 2.45) is 5.92 Å². The number of carboxylic acids is 1. The Balaban J connectivity index is 1.68. The lowest BCUT2D eigenvalue weighted by Crippen LogP contribution is -2.44. The molecule has 3 unspecified atom stereocenters. The lowest BCUT2D eigenvalue weighted by Gasteiger charge is -2.37. The molecule has 0 fully saturated rings. The van der Waals surface area contributed by atoms with Crippen LogP contribution in [0, 0.1) is 5.92 Å². The number of hydrogen-bond acceptors (Lipinski definition) is 6. The van der Waals surface area contributed by atoms with Crippen molar-refractivity contribution in [2.75, 3.05) is 0 Å². The largest absolute Gasteiger partial charge is 0.480 e. The van der Waals surface area contributed by atoms with E-state index in [-0.39, 0.29) is 4.87 Å². The van der Waals surface area contributed by atoms with Gasteiger partial charge in [0.2, 0.25) is 0 Å². The molecular weight excluding hydrogens is 446 g/mol. The number of benzene rings is 2. The number of carbonyl (C=O) groups excluding carboxylic acids is 1. The maximum Gasteiger partial charge on any atom is 0.317 e. The van der Waals surface area contributed by atoms with Crippen molar-refractivity contribution in [3.05, 3.63) is 79.2 Å². The van der Waals surface area contributed by atoms with Crippen molar-refractivity contribution in [3.8, 4) is 5.75 Å². The molecule has 30 heavy (non-hydrogen) atoms. The summed E-state index contributed by atoms with van der Waals surface area (Å²) in [5.74, 6) is -2.68. The van der Waals surface area contributed by atoms with E-state index in [1.54, 1.807) is 28.8 Å². The third kappa shape index (κ3) is 3.07. The van der Waals surface area contributed by atoms with E-state index in [1.807, 2.05) is 24.3 Å². The predicted octanol–water partition coefficient (Wildman–Crippen LogP) is 3.84. The Bertz CT molecular complexity index is 1230. The molecule has 0 saturated heterocycles. The van der Waals surface area contributed by atoms with E-state index in [2.05, 4.69) is 0 Å². The summed E-state index contributed by atoms with van der Waals surface area (Å²) in [4.78, 5) is 38.2. The number of carboxylic acid groups (broad SMARTS) is 1. The second kappa shape index (κ2) is 7.30. The van der Waals surface area contributed by atoms with Gasteiger partial charge in [0.05, 0.1) is 17.5 Å². The van der Waals surface area contributed by atoms with Gasteiger partial charge in [0.15, 0.2) is 0 Å². The Morgan fingerprint density at radius 2 is 1.87 bits per heavy atom. The SMILES string of the molecule is O=C(O)C1Sc2c(sc(=O)n2Cc2ccc(Cl)cc2)C2c3ccccc3OC(=O)C12. The zero-order chi connectivity index (χ0) is 21.0. The van der Waals surface area contributed by atoms with Gasteiger partial charge in [0.25, 0.3) is 0 Å². The van der Waals surface area contributed by atoms with Crippen molar-refractivity contribution in [1.82, 2.24) is 4.57 Å². The van der Waals surface area contributed by atoms with Crippen LogP contribution in [-0.4, -0.2) is 26.9 Å². The topological polar surface area (TPSA) is 85.6 Å². The van der Waals surface area contributed by atoms with Gasteiger partial charge in [-0.1, -0.05) is 65.0 Å². The van der Waals surface area contributed by atoms with Crippen molar-refractivity contribution in [3.63, 3.8) is 0 Å². The molecule has 0 bridgehead atoms. The number of para-hydroxylation sites is 1. The lowest BCUT2D eigenvalue weighted by molar-refractivity contribution is -0.147. The molecule has 6 nitrogen and oxygen atoms in total. The van der Waals surface area contributed by atoms with Crippen molar-refractivity contribution < 1.29 is 19.4 Å². The molecule has 9 heteroatoms. The highest BCUT2D eigenvalue weighted by molar-refractivity contribution is 8.00. The molecule has 0 saturated carbocycles. The highest BCUT2D eigenvalue weighted by Crippen LogP contribution is 2.54. The first-order valence-electron chi connectivity index (χ1n) is 9.12. The molecule has 0 radical (unpaired) electrons. The summed E-state index contributed by atoms with van der Waals surface area (Å²) >= 11 is 8.06. The highest BCUT2D eigenvalue weighted by Gasteiger charge is 2.52. The van der Waals surface area contributed by atoms with Gasteiger partial charge in [-0.3, -0.25) is 19.0 Å². The summed E-state index contributed by atoms with van der Waals surface area (Å²) in [5.41, 5.74) is 1.61. The molecule has 3 heterocycles. The Morgan fingerprint density at radius 3 is 2.60 bits per heavy atom. The number of halogens is 1. The van der Waals surface area contributed by atoms with E-state index in [9.17, 15) is 19.5 Å². The van der Waals surface area contributed by atoms with Gasteiger partial charge in [-0.2, -0.15) is 0 Å². The van der Waals surface area contributed by atoms with E-state index in [1.165, 1.54) is 0 Å². The lowest BCUT2D eigenvalue weighted by atomic mass is 9.80. The van der Waals surface area contributed by atoms with Gasteiger partial charge in [0, 0.05) is 21.4 Å². The zero-order valence-electron chi connectivity index (χ0n) is 15.3. The fourth-order valence-corrected chi connectivity index (χ4v) is 6.75. The fourth-order valence-electron chi connectivity index (χ4n) is 3.97. The summed E-state index contributed by atoms with van der Waals surface area (Å²) in [6.45, 7) is 0.296. The first-order valence-corrected chi connectivity index (χ1v) is 11.2. The standard InChI is InChI=1S/C21H14ClNO5S2/c22-11-7-5-10(6-8-11)9-23-18-16(30-21(23)27)14-12-3-1-2-4-13(12)28-20(26)15(14)17(29-18)19(24)25/h1-8,14-15,17H,9H2,(H,24,25). The average molecular weight is 460 g/mol. The minimum absolute atomic E-state index is 0.191. The van der Waals surface area contributed by atoms with Gasteiger partial charge in [0.1, 0.15) is 11.0 Å². The molecule has 1 aromatic heterocycles. The number of fused-ring (bicyclic) bond motifs is 5. The molecule has 5 rings (SSSR count). The van der Waals surface area contributed by atoms with Gasteiger partial charge < -0.3 is 9.84 Å². The number of esters is 1. The highest BCUT2D eigenvalue weighted by atomic mass is 35.5. The minimum atomic E-state index is -1.10. The molecule has 2 aromatic carbocycles. The van der Waals surface area contributed by atoms with Gasteiger partial charge >= 0.3 is 16.8 Å². The summed E-state index contributed by atoms with van der Waals surface area (Å²) in [6, 6.07) is 14.2. The maximum atomic E-state index is 12.9. The number of aromatic nitrogens is 1. The van der Waals surface area contributed by atoms with Gasteiger partial charge in [-0.25, -0.2) is 0 Å². The summed E-state index contributed by atoms with van der Waals surface area (Å²) in [6.07, 6.45) is 0. The molecule has 152 valence electrons. The number of thioether (sulfide) groups is 1. The third-order valence-electron chi connectivity index (χ3n) is 5.31. The van der Waals surface area contributed by atoms with Gasteiger partial charge in [-0.05, 0) is 23.8 Å². The average Bonchev–Trinajstić information content (AvgIpc) is 3.04. The molecule has 0 aliphatic carbocycles. The maximum absolute atomic E-state index is 12.9. The Labute approximate surface area is 184 Å². The third-order valence-corrected chi connectivity index (χ3v) is 8.17. The molecule has 1 N–H and O–H groups in total. The summed E-state index contributed by atoms with van der Waals surface area (Å²) in [5, 5.41) is 10.0. The number of nitrogens with zero attached hydrogens (tertiary/aromatic N) is 1. The fraction of sp³-hybridized carbons (Fsp3) is 0.190. The first-order chi connectivity index (χ1) is 14.4. The summed E-state index contributed by atoms with van der Waals surface area (Å²) < 4.78 is 7.02. The minimum Gasteiger partial charge on any atom is -0.480 e. The molecule has 3 aromatic rings. The van der Waals surface area contributed by atoms with E-state index < -0.39 is 29.0 Å². The van der Waals surface area contributed by atoms with Gasteiger partial charge in [-0.15, -0.1) is 0 Å². The number of aliphatic carboxylic acids is 1. The van der Waals surface area contributed by atoms with E-state index in [0.717, 1.165) is 34.2 Å². The van der Waals surface area contributed by atoms with Crippen LogP contribution < -0.4 is 9.61 Å². The van der Waals surface area contributed by atoms with Crippen LogP contribution in [0.15, 0.2) is 58.4 Å². The molecule has 0 amide bonds.